The van der Waals surface area contributed by atoms with E-state index in [1.807, 2.05) is 62.4 Å². The highest BCUT2D eigenvalue weighted by atomic mass is 35.5. The molecule has 0 saturated carbocycles. The molecule has 0 bridgehead atoms. The number of hydrogen-bond acceptors (Lipinski definition) is 5. The number of benzene rings is 2. The molecule has 2 aromatic carbocycles. The molecule has 7 nitrogen and oxygen atoms in total. The van der Waals surface area contributed by atoms with Crippen LogP contribution < -0.4 is 20.3 Å². The molecule has 31 heavy (non-hydrogen) atoms. The Balaban J connectivity index is 0.00000480. The maximum atomic E-state index is 7.80. The number of rotatable bonds is 10. The average molecular weight is 446 g/mol. The molecule has 0 saturated heterocycles. The van der Waals surface area contributed by atoms with Gasteiger partial charge in [-0.15, -0.1) is 12.4 Å². The fraction of sp³-hybridized carbons (Fsp3) is 0.348. The number of halogens is 1. The molecule has 0 amide bonds. The van der Waals surface area contributed by atoms with Gasteiger partial charge in [-0.05, 0) is 86.3 Å². The van der Waals surface area contributed by atoms with E-state index in [-0.39, 0.29) is 30.6 Å². The third kappa shape index (κ3) is 10.00. The Kier molecular flexibility index (Phi) is 11.8. The minimum atomic E-state index is -0.0315. The summed E-state index contributed by atoms with van der Waals surface area (Å²) in [7, 11) is 0. The molecule has 0 aliphatic carbocycles. The minimum Gasteiger partial charge on any atom is -0.491 e. The van der Waals surface area contributed by atoms with Gasteiger partial charge in [0.2, 0.25) is 5.96 Å². The van der Waals surface area contributed by atoms with Gasteiger partial charge in [-0.3, -0.25) is 5.41 Å². The van der Waals surface area contributed by atoms with Crippen LogP contribution in [0.3, 0.4) is 0 Å². The van der Waals surface area contributed by atoms with E-state index in [1.165, 1.54) is 0 Å². The molecule has 2 rings (SSSR count). The first kappa shape index (κ1) is 26.0. The smallest absolute Gasteiger partial charge is 0.230 e. The van der Waals surface area contributed by atoms with Crippen LogP contribution >= 0.6 is 12.4 Å². The maximum Gasteiger partial charge on any atom is 0.230 e. The third-order valence-corrected chi connectivity index (χ3v) is 4.36. The Morgan fingerprint density at radius 2 is 1.16 bits per heavy atom. The van der Waals surface area contributed by atoms with E-state index in [2.05, 4.69) is 34.9 Å². The zero-order valence-corrected chi connectivity index (χ0v) is 19.3. The van der Waals surface area contributed by atoms with Crippen LogP contribution in [0.2, 0.25) is 0 Å². The second kappa shape index (κ2) is 14.0. The minimum absolute atomic E-state index is 0. The molecule has 3 N–H and O–H groups in total. The molecule has 0 aliphatic rings. The Bertz CT molecular complexity index is 769. The van der Waals surface area contributed by atoms with Gasteiger partial charge in [-0.2, -0.15) is 10.2 Å². The Hall–Kier alpha value is -3.06. The van der Waals surface area contributed by atoms with Gasteiger partial charge in [-0.25, -0.2) is 10.9 Å². The van der Waals surface area contributed by atoms with Gasteiger partial charge in [-0.1, -0.05) is 13.8 Å². The van der Waals surface area contributed by atoms with Crippen molar-refractivity contribution in [1.29, 1.82) is 5.41 Å². The second-order valence-corrected chi connectivity index (χ2v) is 6.93. The summed E-state index contributed by atoms with van der Waals surface area (Å²) < 4.78 is 11.5. The summed E-state index contributed by atoms with van der Waals surface area (Å²) in [5.74, 6) is 1.63. The average Bonchev–Trinajstić information content (AvgIpc) is 2.76. The molecule has 0 heterocycles. The second-order valence-electron chi connectivity index (χ2n) is 6.93. The highest BCUT2D eigenvalue weighted by molar-refractivity contribution is 5.85. The van der Waals surface area contributed by atoms with E-state index >= 15 is 0 Å². The van der Waals surface area contributed by atoms with Crippen LogP contribution in [0.4, 0.5) is 0 Å². The number of ether oxygens (including phenoxy) is 2. The van der Waals surface area contributed by atoms with Gasteiger partial charge >= 0.3 is 0 Å². The summed E-state index contributed by atoms with van der Waals surface area (Å²) >= 11 is 0. The molecule has 0 radical (unpaired) electrons. The summed E-state index contributed by atoms with van der Waals surface area (Å²) in [6, 6.07) is 15.3. The van der Waals surface area contributed by atoms with Gasteiger partial charge in [0.15, 0.2) is 0 Å². The number of hydrogen-bond donors (Lipinski definition) is 3. The van der Waals surface area contributed by atoms with Crippen molar-refractivity contribution in [1.82, 2.24) is 10.9 Å². The predicted molar refractivity (Wildman–Crippen MR) is 130 cm³/mol. The molecule has 2 atom stereocenters. The molecule has 0 aliphatic heterocycles. The molecule has 0 fully saturated rings. The Labute approximate surface area is 190 Å². The Morgan fingerprint density at radius 3 is 1.48 bits per heavy atom. The highest BCUT2D eigenvalue weighted by Crippen LogP contribution is 2.15. The van der Waals surface area contributed by atoms with Crippen LogP contribution in [-0.2, 0) is 0 Å². The zero-order chi connectivity index (χ0) is 21.8. The largest absolute Gasteiger partial charge is 0.491 e. The lowest BCUT2D eigenvalue weighted by Crippen LogP contribution is -2.29. The summed E-state index contributed by atoms with van der Waals surface area (Å²) in [6.07, 6.45) is 5.56. The van der Waals surface area contributed by atoms with Gasteiger partial charge in [0.25, 0.3) is 0 Å². The molecule has 2 unspecified atom stereocenters. The lowest BCUT2D eigenvalue weighted by molar-refractivity contribution is 0.217. The molecule has 2 aromatic rings. The first-order chi connectivity index (χ1) is 14.5. The fourth-order valence-corrected chi connectivity index (χ4v) is 2.26. The van der Waals surface area contributed by atoms with Crippen molar-refractivity contribution >= 4 is 30.8 Å². The van der Waals surface area contributed by atoms with E-state index in [0.29, 0.717) is 0 Å². The van der Waals surface area contributed by atoms with Gasteiger partial charge in [0.05, 0.1) is 24.6 Å². The molecule has 168 valence electrons. The summed E-state index contributed by atoms with van der Waals surface area (Å²) in [6.45, 7) is 8.25. The van der Waals surface area contributed by atoms with Gasteiger partial charge in [0, 0.05) is 0 Å². The van der Waals surface area contributed by atoms with Crippen LogP contribution in [0.25, 0.3) is 0 Å². The van der Waals surface area contributed by atoms with Crippen LogP contribution in [0.15, 0.2) is 58.7 Å². The van der Waals surface area contributed by atoms with Crippen molar-refractivity contribution in [3.05, 3.63) is 59.7 Å². The van der Waals surface area contributed by atoms with Gasteiger partial charge < -0.3 is 9.47 Å². The van der Waals surface area contributed by atoms with E-state index in [9.17, 15) is 0 Å². The number of nitrogens with zero attached hydrogens (tertiary/aromatic N) is 2. The highest BCUT2D eigenvalue weighted by Gasteiger charge is 2.01. The standard InChI is InChI=1S/C23H31N5O2.ClH/c1-5-17(3)29-21-11-7-19(8-12-21)15-25-27-23(24)28-26-16-20-9-13-22(14-10-20)30-18(4)6-2;/h7-18H,5-6H2,1-4H3,(H3,24,27,28);1H/b25-15+,26-16+;. The van der Waals surface area contributed by atoms with E-state index < -0.39 is 0 Å². The van der Waals surface area contributed by atoms with Crippen molar-refractivity contribution in [3.63, 3.8) is 0 Å². The van der Waals surface area contributed by atoms with Crippen molar-refractivity contribution in [2.45, 2.75) is 52.7 Å². The van der Waals surface area contributed by atoms with E-state index in [0.717, 1.165) is 35.5 Å². The van der Waals surface area contributed by atoms with E-state index in [1.54, 1.807) is 12.4 Å². The summed E-state index contributed by atoms with van der Waals surface area (Å²) in [5.41, 5.74) is 6.97. The van der Waals surface area contributed by atoms with Crippen LogP contribution in [0, 0.1) is 5.41 Å². The lowest BCUT2D eigenvalue weighted by atomic mass is 10.2. The van der Waals surface area contributed by atoms with E-state index in [4.69, 9.17) is 14.9 Å². The van der Waals surface area contributed by atoms with Gasteiger partial charge in [0.1, 0.15) is 11.5 Å². The molecule has 0 spiro atoms. The monoisotopic (exact) mass is 445 g/mol. The molecular weight excluding hydrogens is 414 g/mol. The molecular formula is C23H32ClN5O2. The van der Waals surface area contributed by atoms with Crippen LogP contribution in [-0.4, -0.2) is 30.6 Å². The lowest BCUT2D eigenvalue weighted by Gasteiger charge is -2.12. The van der Waals surface area contributed by atoms with Crippen molar-refractivity contribution in [2.75, 3.05) is 0 Å². The SMILES string of the molecule is CCC(C)Oc1ccc(/C=N/NC(=N)N/N=C/c2ccc(OC(C)CC)cc2)cc1.Cl. The normalized spacial score (nSPS) is 12.8. The third-order valence-electron chi connectivity index (χ3n) is 4.36. The number of hydrazone groups is 2. The molecule has 8 heteroatoms. The first-order valence-electron chi connectivity index (χ1n) is 10.2. The van der Waals surface area contributed by atoms with Crippen molar-refractivity contribution < 1.29 is 9.47 Å². The fourth-order valence-electron chi connectivity index (χ4n) is 2.26. The van der Waals surface area contributed by atoms with Crippen LogP contribution in [0.5, 0.6) is 11.5 Å². The zero-order valence-electron chi connectivity index (χ0n) is 18.5. The quantitative estimate of drug-likeness (QED) is 0.274. The molecule has 0 aromatic heterocycles. The summed E-state index contributed by atoms with van der Waals surface area (Å²) in [4.78, 5) is 0. The summed E-state index contributed by atoms with van der Waals surface area (Å²) in [5, 5.41) is 15.9. The number of nitrogens with one attached hydrogen (secondary N) is 3. The number of guanidine groups is 1. The topological polar surface area (TPSA) is 91.1 Å². The predicted octanol–water partition coefficient (Wildman–Crippen LogP) is 4.94. The van der Waals surface area contributed by atoms with Crippen molar-refractivity contribution in [3.8, 4) is 11.5 Å². The maximum absolute atomic E-state index is 7.80. The first-order valence-corrected chi connectivity index (χ1v) is 10.2. The Morgan fingerprint density at radius 1 is 0.806 bits per heavy atom. The van der Waals surface area contributed by atoms with Crippen molar-refractivity contribution in [2.24, 2.45) is 10.2 Å². The van der Waals surface area contributed by atoms with Crippen LogP contribution in [0.1, 0.15) is 51.7 Å².